The normalized spacial score (nSPS) is 13.0. The molecule has 2 heteroatoms. The van der Waals surface area contributed by atoms with Crippen LogP contribution in [0.25, 0.3) is 0 Å². The number of thioether (sulfide) groups is 1. The van der Waals surface area contributed by atoms with Gasteiger partial charge in [-0.05, 0) is 31.3 Å². The van der Waals surface area contributed by atoms with E-state index in [1.165, 1.54) is 5.57 Å². The molecule has 0 amide bonds. The van der Waals surface area contributed by atoms with Crippen molar-refractivity contribution in [2.24, 2.45) is 5.73 Å². The Hall–Kier alpha value is 0.0500. The molecule has 0 bridgehead atoms. The van der Waals surface area contributed by atoms with Gasteiger partial charge in [-0.15, -0.1) is 0 Å². The summed E-state index contributed by atoms with van der Waals surface area (Å²) in [6.07, 6.45) is 5.28. The SMILES string of the molecule is C=C(CC)CC(N)CCSC. The second-order valence-electron chi connectivity index (χ2n) is 2.85. The average molecular weight is 173 g/mol. The molecule has 0 aliphatic heterocycles. The monoisotopic (exact) mass is 173 g/mol. The van der Waals surface area contributed by atoms with Crippen LogP contribution in [0.1, 0.15) is 26.2 Å². The van der Waals surface area contributed by atoms with E-state index in [2.05, 4.69) is 19.8 Å². The molecule has 1 atom stereocenters. The first-order chi connectivity index (χ1) is 5.20. The van der Waals surface area contributed by atoms with Crippen molar-refractivity contribution in [2.75, 3.05) is 12.0 Å². The summed E-state index contributed by atoms with van der Waals surface area (Å²) >= 11 is 1.85. The molecule has 2 N–H and O–H groups in total. The van der Waals surface area contributed by atoms with Crippen LogP contribution < -0.4 is 5.73 Å². The van der Waals surface area contributed by atoms with Crippen molar-refractivity contribution >= 4 is 11.8 Å². The highest BCUT2D eigenvalue weighted by atomic mass is 32.2. The fourth-order valence-corrected chi connectivity index (χ4v) is 1.42. The molecule has 11 heavy (non-hydrogen) atoms. The Labute approximate surface area is 74.4 Å². The van der Waals surface area contributed by atoms with Gasteiger partial charge in [0.2, 0.25) is 0 Å². The van der Waals surface area contributed by atoms with E-state index in [0.29, 0.717) is 6.04 Å². The lowest BCUT2D eigenvalue weighted by Gasteiger charge is -2.10. The van der Waals surface area contributed by atoms with Gasteiger partial charge < -0.3 is 5.73 Å². The molecule has 0 aromatic carbocycles. The molecular formula is C9H19NS. The van der Waals surface area contributed by atoms with Gasteiger partial charge in [-0.1, -0.05) is 19.1 Å². The van der Waals surface area contributed by atoms with E-state index in [1.807, 2.05) is 11.8 Å². The third kappa shape index (κ3) is 6.45. The number of hydrogen-bond acceptors (Lipinski definition) is 2. The summed E-state index contributed by atoms with van der Waals surface area (Å²) in [5, 5.41) is 0. The number of nitrogens with two attached hydrogens (primary N) is 1. The van der Waals surface area contributed by atoms with Crippen molar-refractivity contribution in [3.8, 4) is 0 Å². The molecule has 0 heterocycles. The van der Waals surface area contributed by atoms with Gasteiger partial charge in [-0.25, -0.2) is 0 Å². The molecule has 1 nitrogen and oxygen atoms in total. The summed E-state index contributed by atoms with van der Waals surface area (Å²) in [5.74, 6) is 1.16. The molecule has 0 aromatic rings. The molecule has 0 radical (unpaired) electrons. The van der Waals surface area contributed by atoms with Crippen molar-refractivity contribution in [3.05, 3.63) is 12.2 Å². The third-order valence-electron chi connectivity index (χ3n) is 1.74. The second-order valence-corrected chi connectivity index (χ2v) is 3.83. The molecule has 0 saturated heterocycles. The lowest BCUT2D eigenvalue weighted by molar-refractivity contribution is 0.639. The Morgan fingerprint density at radius 1 is 1.64 bits per heavy atom. The van der Waals surface area contributed by atoms with E-state index in [1.54, 1.807) is 0 Å². The summed E-state index contributed by atoms with van der Waals surface area (Å²) in [5.41, 5.74) is 7.14. The van der Waals surface area contributed by atoms with E-state index in [9.17, 15) is 0 Å². The first-order valence-electron chi connectivity index (χ1n) is 4.11. The fourth-order valence-electron chi connectivity index (χ4n) is 0.886. The quantitative estimate of drug-likeness (QED) is 0.624. The highest BCUT2D eigenvalue weighted by Gasteiger charge is 2.02. The van der Waals surface area contributed by atoms with Gasteiger partial charge in [0.05, 0.1) is 0 Å². The van der Waals surface area contributed by atoms with Crippen LogP contribution in [0.3, 0.4) is 0 Å². The first kappa shape index (κ1) is 11.1. The van der Waals surface area contributed by atoms with Crippen molar-refractivity contribution in [1.29, 1.82) is 0 Å². The van der Waals surface area contributed by atoms with Gasteiger partial charge in [-0.3, -0.25) is 0 Å². The minimum absolute atomic E-state index is 0.329. The fraction of sp³-hybridized carbons (Fsp3) is 0.778. The van der Waals surface area contributed by atoms with Crippen LogP contribution in [-0.2, 0) is 0 Å². The van der Waals surface area contributed by atoms with Crippen molar-refractivity contribution in [3.63, 3.8) is 0 Å². The minimum atomic E-state index is 0.329. The predicted molar refractivity (Wildman–Crippen MR) is 55.0 cm³/mol. The summed E-state index contributed by atoms with van der Waals surface area (Å²) in [4.78, 5) is 0. The molecular weight excluding hydrogens is 154 g/mol. The van der Waals surface area contributed by atoms with Crippen LogP contribution >= 0.6 is 11.8 Å². The van der Waals surface area contributed by atoms with E-state index in [0.717, 1.165) is 25.0 Å². The highest BCUT2D eigenvalue weighted by molar-refractivity contribution is 7.98. The molecule has 0 aliphatic carbocycles. The molecule has 0 spiro atoms. The van der Waals surface area contributed by atoms with Crippen LogP contribution in [0.4, 0.5) is 0 Å². The maximum atomic E-state index is 5.86. The van der Waals surface area contributed by atoms with Crippen molar-refractivity contribution in [2.45, 2.75) is 32.2 Å². The van der Waals surface area contributed by atoms with Gasteiger partial charge in [0.25, 0.3) is 0 Å². The summed E-state index contributed by atoms with van der Waals surface area (Å²) in [6.45, 7) is 6.06. The Morgan fingerprint density at radius 3 is 2.73 bits per heavy atom. The van der Waals surface area contributed by atoms with E-state index in [4.69, 9.17) is 5.73 Å². The van der Waals surface area contributed by atoms with E-state index >= 15 is 0 Å². The third-order valence-corrected chi connectivity index (χ3v) is 2.39. The van der Waals surface area contributed by atoms with Crippen LogP contribution in [0, 0.1) is 0 Å². The second kappa shape index (κ2) is 6.74. The van der Waals surface area contributed by atoms with Gasteiger partial charge in [0.1, 0.15) is 0 Å². The maximum absolute atomic E-state index is 5.86. The van der Waals surface area contributed by atoms with Crippen LogP contribution in [-0.4, -0.2) is 18.1 Å². The highest BCUT2D eigenvalue weighted by Crippen LogP contribution is 2.09. The largest absolute Gasteiger partial charge is 0.327 e. The summed E-state index contributed by atoms with van der Waals surface area (Å²) in [6, 6.07) is 0.329. The zero-order chi connectivity index (χ0) is 8.69. The molecule has 0 saturated carbocycles. The van der Waals surface area contributed by atoms with Crippen LogP contribution in [0.2, 0.25) is 0 Å². The number of rotatable bonds is 6. The molecule has 66 valence electrons. The summed E-state index contributed by atoms with van der Waals surface area (Å²) < 4.78 is 0. The lowest BCUT2D eigenvalue weighted by atomic mass is 10.0. The average Bonchev–Trinajstić information content (AvgIpc) is 2.00. The zero-order valence-electron chi connectivity index (χ0n) is 7.60. The summed E-state index contributed by atoms with van der Waals surface area (Å²) in [7, 11) is 0. The first-order valence-corrected chi connectivity index (χ1v) is 5.51. The van der Waals surface area contributed by atoms with Crippen molar-refractivity contribution < 1.29 is 0 Å². The van der Waals surface area contributed by atoms with Crippen LogP contribution in [0.15, 0.2) is 12.2 Å². The van der Waals surface area contributed by atoms with Crippen molar-refractivity contribution in [1.82, 2.24) is 0 Å². The predicted octanol–water partition coefficient (Wildman–Crippen LogP) is 2.42. The van der Waals surface area contributed by atoms with Gasteiger partial charge in [0.15, 0.2) is 0 Å². The van der Waals surface area contributed by atoms with Crippen LogP contribution in [0.5, 0.6) is 0 Å². The zero-order valence-corrected chi connectivity index (χ0v) is 8.41. The smallest absolute Gasteiger partial charge is 0.00838 e. The molecule has 1 unspecified atom stereocenters. The van der Waals surface area contributed by atoms with Gasteiger partial charge >= 0.3 is 0 Å². The Balaban J connectivity index is 3.35. The standard InChI is InChI=1S/C9H19NS/c1-4-8(2)7-9(10)5-6-11-3/h9H,2,4-7,10H2,1,3H3. The molecule has 0 rings (SSSR count). The molecule has 0 aromatic heterocycles. The van der Waals surface area contributed by atoms with E-state index in [-0.39, 0.29) is 0 Å². The Kier molecular flexibility index (Phi) is 6.77. The topological polar surface area (TPSA) is 26.0 Å². The van der Waals surface area contributed by atoms with E-state index < -0.39 is 0 Å². The van der Waals surface area contributed by atoms with Gasteiger partial charge in [0, 0.05) is 6.04 Å². The molecule has 0 fully saturated rings. The lowest BCUT2D eigenvalue weighted by Crippen LogP contribution is -2.20. The Bertz CT molecular complexity index is 112. The maximum Gasteiger partial charge on any atom is 0.00838 e. The number of hydrogen-bond donors (Lipinski definition) is 1. The van der Waals surface area contributed by atoms with Gasteiger partial charge in [-0.2, -0.15) is 11.8 Å². The molecule has 0 aliphatic rings. The Morgan fingerprint density at radius 2 is 2.27 bits per heavy atom. The minimum Gasteiger partial charge on any atom is -0.327 e.